The highest BCUT2D eigenvalue weighted by atomic mass is 16.5. The van der Waals surface area contributed by atoms with Crippen LogP contribution in [-0.2, 0) is 9.47 Å². The Balaban J connectivity index is 0. The molecule has 1 N–H and O–H groups in total. The van der Waals surface area contributed by atoms with Crippen LogP contribution in [0.15, 0.2) is 0 Å². The van der Waals surface area contributed by atoms with E-state index in [1.807, 2.05) is 6.92 Å². The molecular formula is C12H28O3. The van der Waals surface area contributed by atoms with Crippen molar-refractivity contribution in [3.63, 3.8) is 0 Å². The molecule has 2 atom stereocenters. The van der Waals surface area contributed by atoms with Crippen LogP contribution in [0, 0.1) is 17.8 Å². The monoisotopic (exact) mass is 220 g/mol. The van der Waals surface area contributed by atoms with Crippen molar-refractivity contribution >= 4 is 0 Å². The first-order valence-corrected chi connectivity index (χ1v) is 5.58. The smallest absolute Gasteiger partial charge is 0.0509 e. The van der Waals surface area contributed by atoms with E-state index < -0.39 is 0 Å². The molecule has 94 valence electrons. The predicted molar refractivity (Wildman–Crippen MR) is 64.0 cm³/mol. The summed E-state index contributed by atoms with van der Waals surface area (Å²) in [5.74, 6) is 1.72. The molecule has 15 heavy (non-hydrogen) atoms. The molecule has 0 aromatic rings. The molecular weight excluding hydrogens is 192 g/mol. The minimum atomic E-state index is 0.216. The minimum Gasteiger partial charge on any atom is -0.396 e. The molecule has 0 saturated heterocycles. The van der Waals surface area contributed by atoms with Crippen molar-refractivity contribution in [3.05, 3.63) is 0 Å². The van der Waals surface area contributed by atoms with Gasteiger partial charge in [0.2, 0.25) is 0 Å². The molecule has 0 amide bonds. The molecule has 3 nitrogen and oxygen atoms in total. The van der Waals surface area contributed by atoms with E-state index >= 15 is 0 Å². The minimum absolute atomic E-state index is 0.216. The Morgan fingerprint density at radius 2 is 1.40 bits per heavy atom. The molecule has 0 aliphatic rings. The van der Waals surface area contributed by atoms with Crippen molar-refractivity contribution in [2.75, 3.05) is 34.0 Å². The van der Waals surface area contributed by atoms with Gasteiger partial charge in [-0.05, 0) is 11.8 Å². The molecule has 0 saturated carbocycles. The number of rotatable bonds is 6. The fraction of sp³-hybridized carbons (Fsp3) is 1.00. The standard InChI is InChI=1S/C7H16O.C5H12O2/c1-6(2)7(3)5-8-4;1-5(3-6)4-7-2/h6-7H,5H2,1-4H3;5-6H,3-4H2,1-2H3/t7-;/m0./s1. The van der Waals surface area contributed by atoms with E-state index in [4.69, 9.17) is 14.6 Å². The normalized spacial score (nSPS) is 14.4. The Morgan fingerprint density at radius 1 is 0.933 bits per heavy atom. The third-order valence-corrected chi connectivity index (χ3v) is 2.33. The number of aliphatic hydroxyl groups is 1. The van der Waals surface area contributed by atoms with Crippen molar-refractivity contribution < 1.29 is 14.6 Å². The van der Waals surface area contributed by atoms with Gasteiger partial charge in [0.1, 0.15) is 0 Å². The second-order valence-electron chi connectivity index (χ2n) is 4.42. The van der Waals surface area contributed by atoms with Crippen molar-refractivity contribution in [1.82, 2.24) is 0 Å². The maximum absolute atomic E-state index is 8.39. The zero-order valence-electron chi connectivity index (χ0n) is 11.1. The summed E-state index contributed by atoms with van der Waals surface area (Å²) >= 11 is 0. The molecule has 0 aliphatic carbocycles. The summed E-state index contributed by atoms with van der Waals surface area (Å²) < 4.78 is 9.70. The van der Waals surface area contributed by atoms with Crippen LogP contribution in [0.3, 0.4) is 0 Å². The SMILES string of the molecule is COCC(C)CO.COC[C@H](C)C(C)C. The van der Waals surface area contributed by atoms with Gasteiger partial charge in [-0.15, -0.1) is 0 Å². The Hall–Kier alpha value is -0.120. The summed E-state index contributed by atoms with van der Waals surface area (Å²) in [4.78, 5) is 0. The van der Waals surface area contributed by atoms with Crippen LogP contribution >= 0.6 is 0 Å². The summed E-state index contributed by atoms with van der Waals surface area (Å²) in [5, 5.41) is 8.39. The molecule has 0 fully saturated rings. The number of ether oxygens (including phenoxy) is 2. The van der Waals surface area contributed by atoms with E-state index in [1.54, 1.807) is 14.2 Å². The lowest BCUT2D eigenvalue weighted by Gasteiger charge is -2.12. The van der Waals surface area contributed by atoms with Gasteiger partial charge < -0.3 is 14.6 Å². The van der Waals surface area contributed by atoms with Crippen molar-refractivity contribution in [3.8, 4) is 0 Å². The fourth-order valence-electron chi connectivity index (χ4n) is 0.793. The second-order valence-corrected chi connectivity index (χ2v) is 4.42. The number of hydrogen-bond donors (Lipinski definition) is 1. The van der Waals surface area contributed by atoms with Gasteiger partial charge in [-0.3, -0.25) is 0 Å². The maximum atomic E-state index is 8.39. The summed E-state index contributed by atoms with van der Waals surface area (Å²) in [7, 11) is 3.38. The summed E-state index contributed by atoms with van der Waals surface area (Å²) in [6.07, 6.45) is 0. The van der Waals surface area contributed by atoms with Gasteiger partial charge >= 0.3 is 0 Å². The Morgan fingerprint density at radius 3 is 1.53 bits per heavy atom. The maximum Gasteiger partial charge on any atom is 0.0509 e. The summed E-state index contributed by atoms with van der Waals surface area (Å²) in [6.45, 7) is 10.3. The topological polar surface area (TPSA) is 38.7 Å². The van der Waals surface area contributed by atoms with E-state index in [1.165, 1.54) is 0 Å². The molecule has 0 aliphatic heterocycles. The Bertz CT molecular complexity index is 115. The Kier molecular flexibility index (Phi) is 13.8. The van der Waals surface area contributed by atoms with Gasteiger partial charge in [0.05, 0.1) is 6.61 Å². The first-order chi connectivity index (χ1) is 6.99. The van der Waals surface area contributed by atoms with Crippen LogP contribution in [0.5, 0.6) is 0 Å². The van der Waals surface area contributed by atoms with Crippen LogP contribution in [0.4, 0.5) is 0 Å². The summed E-state index contributed by atoms with van der Waals surface area (Å²) in [5.41, 5.74) is 0. The third-order valence-electron chi connectivity index (χ3n) is 2.33. The lowest BCUT2D eigenvalue weighted by atomic mass is 10.00. The number of hydrogen-bond acceptors (Lipinski definition) is 3. The molecule has 0 spiro atoms. The molecule has 0 radical (unpaired) electrons. The van der Waals surface area contributed by atoms with Gasteiger partial charge in [-0.1, -0.05) is 27.7 Å². The highest BCUT2D eigenvalue weighted by Crippen LogP contribution is 2.08. The molecule has 0 aromatic heterocycles. The van der Waals surface area contributed by atoms with Crippen molar-refractivity contribution in [2.45, 2.75) is 27.7 Å². The zero-order chi connectivity index (χ0) is 12.3. The van der Waals surface area contributed by atoms with E-state index in [2.05, 4.69) is 20.8 Å². The average Bonchev–Trinajstić information content (AvgIpc) is 2.19. The van der Waals surface area contributed by atoms with Crippen LogP contribution in [0.2, 0.25) is 0 Å². The third kappa shape index (κ3) is 13.9. The van der Waals surface area contributed by atoms with Gasteiger partial charge in [-0.25, -0.2) is 0 Å². The van der Waals surface area contributed by atoms with E-state index in [9.17, 15) is 0 Å². The number of methoxy groups -OCH3 is 2. The van der Waals surface area contributed by atoms with Crippen LogP contribution in [0.1, 0.15) is 27.7 Å². The largest absolute Gasteiger partial charge is 0.396 e. The van der Waals surface area contributed by atoms with E-state index in [-0.39, 0.29) is 12.5 Å². The van der Waals surface area contributed by atoms with Crippen LogP contribution in [-0.4, -0.2) is 39.1 Å². The van der Waals surface area contributed by atoms with Crippen molar-refractivity contribution in [1.29, 1.82) is 0 Å². The lowest BCUT2D eigenvalue weighted by Crippen LogP contribution is -2.09. The fourth-order valence-corrected chi connectivity index (χ4v) is 0.793. The van der Waals surface area contributed by atoms with Gasteiger partial charge in [0, 0.05) is 33.4 Å². The first-order valence-electron chi connectivity index (χ1n) is 5.58. The van der Waals surface area contributed by atoms with Gasteiger partial charge in [-0.2, -0.15) is 0 Å². The number of aliphatic hydroxyl groups excluding tert-OH is 1. The molecule has 1 unspecified atom stereocenters. The first kappa shape index (κ1) is 17.3. The Labute approximate surface area is 94.8 Å². The second kappa shape index (κ2) is 12.0. The van der Waals surface area contributed by atoms with Gasteiger partial charge in [0.15, 0.2) is 0 Å². The zero-order valence-corrected chi connectivity index (χ0v) is 11.1. The molecule has 0 rings (SSSR count). The van der Waals surface area contributed by atoms with Crippen LogP contribution < -0.4 is 0 Å². The molecule has 0 bridgehead atoms. The van der Waals surface area contributed by atoms with E-state index in [0.717, 1.165) is 12.5 Å². The lowest BCUT2D eigenvalue weighted by molar-refractivity contribution is 0.119. The average molecular weight is 220 g/mol. The highest BCUT2D eigenvalue weighted by Gasteiger charge is 2.04. The molecule has 0 aromatic carbocycles. The van der Waals surface area contributed by atoms with Crippen molar-refractivity contribution in [2.24, 2.45) is 17.8 Å². The van der Waals surface area contributed by atoms with Gasteiger partial charge in [0.25, 0.3) is 0 Å². The predicted octanol–water partition coefficient (Wildman–Crippen LogP) is 2.19. The van der Waals surface area contributed by atoms with Crippen LogP contribution in [0.25, 0.3) is 0 Å². The quantitative estimate of drug-likeness (QED) is 0.745. The summed E-state index contributed by atoms with van der Waals surface area (Å²) in [6, 6.07) is 0. The molecule has 0 heterocycles. The molecule has 3 heteroatoms. The highest BCUT2D eigenvalue weighted by molar-refractivity contribution is 4.53. The van der Waals surface area contributed by atoms with E-state index in [0.29, 0.717) is 12.5 Å².